The first-order valence-corrected chi connectivity index (χ1v) is 8.58. The second-order valence-electron chi connectivity index (χ2n) is 4.20. The summed E-state index contributed by atoms with van der Waals surface area (Å²) in [5.74, 6) is 2.87. The molecule has 74 valence electrons. The maximum Gasteiger partial charge on any atom is 0.129 e. The van der Waals surface area contributed by atoms with E-state index in [-0.39, 0.29) is 5.92 Å². The van der Waals surface area contributed by atoms with Crippen molar-refractivity contribution in [2.45, 2.75) is 32.7 Å². The molecule has 0 aliphatic heterocycles. The summed E-state index contributed by atoms with van der Waals surface area (Å²) in [4.78, 5) is 0. The summed E-state index contributed by atoms with van der Waals surface area (Å²) in [5.41, 5.74) is 3.13. The molecule has 0 aromatic carbocycles. The molecule has 13 heavy (non-hydrogen) atoms. The van der Waals surface area contributed by atoms with Crippen LogP contribution in [0.5, 0.6) is 0 Å². The average molecular weight is 261 g/mol. The highest BCUT2D eigenvalue weighted by Crippen LogP contribution is 2.18. The van der Waals surface area contributed by atoms with Gasteiger partial charge in [-0.1, -0.05) is 55.0 Å². The van der Waals surface area contributed by atoms with Crippen molar-refractivity contribution in [3.05, 3.63) is 11.1 Å². The van der Waals surface area contributed by atoms with E-state index in [1.54, 1.807) is 0 Å². The summed E-state index contributed by atoms with van der Waals surface area (Å²) >= 11 is 3.25. The van der Waals surface area contributed by atoms with Crippen molar-refractivity contribution < 1.29 is 5.11 Å². The molecule has 0 bridgehead atoms. The molecule has 1 nitrogen and oxygen atoms in total. The Morgan fingerprint density at radius 3 is 2.23 bits per heavy atom. The molecule has 0 aromatic heterocycles. The summed E-state index contributed by atoms with van der Waals surface area (Å²) in [6, 6.07) is 0. The molecular formula is C10H17BrOSi. The Morgan fingerprint density at radius 1 is 1.46 bits per heavy atom. The third-order valence-electron chi connectivity index (χ3n) is 1.56. The Balaban J connectivity index is 4.36. The summed E-state index contributed by atoms with van der Waals surface area (Å²) in [5, 5.41) is 9.61. The summed E-state index contributed by atoms with van der Waals surface area (Å²) in [6.45, 7) is 12.1. The fourth-order valence-electron chi connectivity index (χ4n) is 0.587. The van der Waals surface area contributed by atoms with Crippen LogP contribution in [0.25, 0.3) is 0 Å². The first-order valence-electron chi connectivity index (χ1n) is 4.29. The molecule has 0 saturated carbocycles. The third kappa shape index (κ3) is 6.09. The molecular weight excluding hydrogens is 244 g/mol. The zero-order valence-corrected chi connectivity index (χ0v) is 11.3. The largest absolute Gasteiger partial charge is 0.380 e. The van der Waals surface area contributed by atoms with Gasteiger partial charge in [-0.05, 0) is 4.48 Å². The number of rotatable bonds is 2. The summed E-state index contributed by atoms with van der Waals surface area (Å²) in [6.07, 6.45) is -0.599. The van der Waals surface area contributed by atoms with Gasteiger partial charge in [-0.2, -0.15) is 0 Å². The predicted octanol–water partition coefficient (Wildman–Crippen LogP) is 2.77. The fourth-order valence-corrected chi connectivity index (χ4v) is 1.42. The number of hydrogen-bond donors (Lipinski definition) is 1. The van der Waals surface area contributed by atoms with E-state index < -0.39 is 14.2 Å². The molecule has 0 spiro atoms. The minimum absolute atomic E-state index is 0.0103. The van der Waals surface area contributed by atoms with Crippen LogP contribution in [-0.4, -0.2) is 19.3 Å². The topological polar surface area (TPSA) is 20.2 Å². The van der Waals surface area contributed by atoms with Crippen molar-refractivity contribution in [1.29, 1.82) is 0 Å². The molecule has 0 heterocycles. The van der Waals surface area contributed by atoms with Crippen LogP contribution in [0.4, 0.5) is 0 Å². The van der Waals surface area contributed by atoms with Crippen molar-refractivity contribution in [2.24, 2.45) is 5.92 Å². The second-order valence-corrected chi connectivity index (χ2v) is 9.97. The molecule has 0 radical (unpaired) electrons. The normalized spacial score (nSPS) is 15.5. The van der Waals surface area contributed by atoms with Gasteiger partial charge >= 0.3 is 0 Å². The maximum absolute atomic E-state index is 9.61. The van der Waals surface area contributed by atoms with E-state index in [1.807, 2.05) is 6.92 Å². The molecule has 0 rings (SSSR count). The third-order valence-corrected chi connectivity index (χ3v) is 3.18. The van der Waals surface area contributed by atoms with Gasteiger partial charge in [-0.3, -0.25) is 0 Å². The van der Waals surface area contributed by atoms with Crippen molar-refractivity contribution in [1.82, 2.24) is 0 Å². The lowest BCUT2D eigenvalue weighted by atomic mass is 10.1. The highest BCUT2D eigenvalue weighted by molar-refractivity contribution is 9.11. The maximum atomic E-state index is 9.61. The fraction of sp³-hybridized carbons (Fsp3) is 0.600. The quantitative estimate of drug-likeness (QED) is 0.598. The monoisotopic (exact) mass is 260 g/mol. The van der Waals surface area contributed by atoms with E-state index in [0.717, 1.165) is 4.48 Å². The second kappa shape index (κ2) is 4.99. The molecule has 0 saturated heterocycles. The first-order chi connectivity index (χ1) is 5.74. The van der Waals surface area contributed by atoms with Crippen LogP contribution < -0.4 is 0 Å². The average Bonchev–Trinajstić information content (AvgIpc) is 1.97. The van der Waals surface area contributed by atoms with E-state index >= 15 is 0 Å². The zero-order valence-electron chi connectivity index (χ0n) is 8.69. The Morgan fingerprint density at radius 2 is 1.92 bits per heavy atom. The Bertz CT molecular complexity index is 244. The van der Waals surface area contributed by atoms with Crippen molar-refractivity contribution in [3.63, 3.8) is 0 Å². The van der Waals surface area contributed by atoms with Crippen LogP contribution in [0.3, 0.4) is 0 Å². The van der Waals surface area contributed by atoms with Gasteiger partial charge in [-0.25, -0.2) is 0 Å². The van der Waals surface area contributed by atoms with Gasteiger partial charge in [0.25, 0.3) is 0 Å². The molecule has 0 aromatic rings. The van der Waals surface area contributed by atoms with Gasteiger partial charge in [0.1, 0.15) is 14.2 Å². The lowest BCUT2D eigenvalue weighted by molar-refractivity contribution is 0.193. The minimum atomic E-state index is -1.37. The highest BCUT2D eigenvalue weighted by Gasteiger charge is 2.14. The van der Waals surface area contributed by atoms with Crippen LogP contribution in [0.1, 0.15) is 6.92 Å². The molecule has 3 heteroatoms. The van der Waals surface area contributed by atoms with E-state index in [9.17, 15) is 5.11 Å². The van der Waals surface area contributed by atoms with Gasteiger partial charge in [0.2, 0.25) is 0 Å². The van der Waals surface area contributed by atoms with Crippen LogP contribution in [0.2, 0.25) is 19.6 Å². The number of aliphatic hydroxyl groups is 1. The van der Waals surface area contributed by atoms with Crippen LogP contribution >= 0.6 is 15.9 Å². The SMILES string of the molecule is C=C(Br)[C@@H](C)[C@H](O)C#C[Si](C)(C)C. The smallest absolute Gasteiger partial charge is 0.129 e. The summed E-state index contributed by atoms with van der Waals surface area (Å²) < 4.78 is 0.796. The van der Waals surface area contributed by atoms with E-state index in [2.05, 4.69) is 53.6 Å². The van der Waals surface area contributed by atoms with Crippen molar-refractivity contribution in [2.75, 3.05) is 0 Å². The standard InChI is InChI=1S/C10H17BrOSi/c1-8(9(2)11)10(12)6-7-13(3,4)5/h8,10,12H,2H2,1,3-5H3/t8-,10-/m1/s1. The molecule has 1 N–H and O–H groups in total. The van der Waals surface area contributed by atoms with Crippen molar-refractivity contribution in [3.8, 4) is 11.5 Å². The van der Waals surface area contributed by atoms with Gasteiger partial charge < -0.3 is 5.11 Å². The van der Waals surface area contributed by atoms with E-state index in [1.165, 1.54) is 0 Å². The molecule has 0 aliphatic rings. The lowest BCUT2D eigenvalue weighted by Crippen LogP contribution is -2.20. The lowest BCUT2D eigenvalue weighted by Gasteiger charge is -2.13. The minimum Gasteiger partial charge on any atom is -0.380 e. The Hall–Kier alpha value is -0.0431. The Kier molecular flexibility index (Phi) is 4.98. The van der Waals surface area contributed by atoms with Gasteiger partial charge in [0.05, 0.1) is 0 Å². The van der Waals surface area contributed by atoms with Gasteiger partial charge in [0.15, 0.2) is 0 Å². The van der Waals surface area contributed by atoms with E-state index in [0.29, 0.717) is 0 Å². The zero-order chi connectivity index (χ0) is 10.6. The molecule has 0 aliphatic carbocycles. The molecule has 0 fully saturated rings. The van der Waals surface area contributed by atoms with Gasteiger partial charge in [0, 0.05) is 5.92 Å². The molecule has 2 atom stereocenters. The highest BCUT2D eigenvalue weighted by atomic mass is 79.9. The summed E-state index contributed by atoms with van der Waals surface area (Å²) in [7, 11) is -1.37. The molecule has 0 unspecified atom stereocenters. The Labute approximate surface area is 90.4 Å². The van der Waals surface area contributed by atoms with Crippen LogP contribution in [0.15, 0.2) is 11.1 Å². The van der Waals surface area contributed by atoms with Gasteiger partial charge in [-0.15, -0.1) is 5.54 Å². The molecule has 0 amide bonds. The van der Waals surface area contributed by atoms with E-state index in [4.69, 9.17) is 0 Å². The first kappa shape index (κ1) is 13.0. The number of hydrogen-bond acceptors (Lipinski definition) is 1. The predicted molar refractivity (Wildman–Crippen MR) is 64.4 cm³/mol. The van der Waals surface area contributed by atoms with Crippen LogP contribution in [0, 0.1) is 17.4 Å². The van der Waals surface area contributed by atoms with Crippen molar-refractivity contribution >= 4 is 24.0 Å². The van der Waals surface area contributed by atoms with Crippen LogP contribution in [-0.2, 0) is 0 Å². The number of halogens is 1. The number of aliphatic hydroxyl groups excluding tert-OH is 1.